The maximum atomic E-state index is 13.5. The van der Waals surface area contributed by atoms with Crippen LogP contribution in [0.5, 0.6) is 5.75 Å². The second-order valence-electron chi connectivity index (χ2n) is 7.71. The SMILES string of the molecule is CNc1nccc(N(CC(O)[C@H](CN)OC(C)C)C(=O)c2ccc3c(c2)CCCO3)n1. The van der Waals surface area contributed by atoms with Crippen molar-refractivity contribution in [2.45, 2.75) is 45.0 Å². The minimum absolute atomic E-state index is 0.0266. The van der Waals surface area contributed by atoms with E-state index < -0.39 is 12.2 Å². The van der Waals surface area contributed by atoms with Gasteiger partial charge in [0, 0.05) is 25.4 Å². The first-order valence-electron chi connectivity index (χ1n) is 10.5. The fraction of sp³-hybridized carbons (Fsp3) is 0.500. The zero-order valence-corrected chi connectivity index (χ0v) is 18.2. The van der Waals surface area contributed by atoms with Crippen LogP contribution >= 0.6 is 0 Å². The van der Waals surface area contributed by atoms with Crippen LogP contribution in [0.25, 0.3) is 0 Å². The summed E-state index contributed by atoms with van der Waals surface area (Å²) in [5.74, 6) is 1.27. The van der Waals surface area contributed by atoms with Crippen molar-refractivity contribution in [3.05, 3.63) is 41.6 Å². The summed E-state index contributed by atoms with van der Waals surface area (Å²) in [5, 5.41) is 13.7. The van der Waals surface area contributed by atoms with Gasteiger partial charge in [0.15, 0.2) is 0 Å². The number of carbonyl (C=O) groups is 1. The molecular weight excluding hydrogens is 398 g/mol. The Bertz CT molecular complexity index is 892. The summed E-state index contributed by atoms with van der Waals surface area (Å²) in [6, 6.07) is 7.03. The van der Waals surface area contributed by atoms with E-state index in [4.69, 9.17) is 15.2 Å². The molecule has 9 nitrogen and oxygen atoms in total. The standard InChI is InChI=1S/C22H31N5O4/c1-14(2)31-19(12-23)17(28)13-27(20-8-9-25-22(24-3)26-20)21(29)16-6-7-18-15(11-16)5-4-10-30-18/h6-9,11,14,17,19,28H,4-5,10,12-13,23H2,1-3H3,(H,24,25,26)/t17?,19-/m0/s1. The zero-order valence-electron chi connectivity index (χ0n) is 18.2. The molecule has 2 heterocycles. The van der Waals surface area contributed by atoms with Crippen LogP contribution in [0.15, 0.2) is 30.5 Å². The number of hydrogen-bond donors (Lipinski definition) is 3. The summed E-state index contributed by atoms with van der Waals surface area (Å²) in [6.45, 7) is 4.53. The average molecular weight is 430 g/mol. The molecule has 31 heavy (non-hydrogen) atoms. The van der Waals surface area contributed by atoms with E-state index >= 15 is 0 Å². The Morgan fingerprint density at radius 1 is 1.39 bits per heavy atom. The summed E-state index contributed by atoms with van der Waals surface area (Å²) in [4.78, 5) is 23.5. The predicted molar refractivity (Wildman–Crippen MR) is 119 cm³/mol. The summed E-state index contributed by atoms with van der Waals surface area (Å²) in [7, 11) is 1.70. The summed E-state index contributed by atoms with van der Waals surface area (Å²) >= 11 is 0. The van der Waals surface area contributed by atoms with E-state index in [-0.39, 0.29) is 25.1 Å². The number of nitrogens with one attached hydrogen (secondary N) is 1. The minimum atomic E-state index is -0.995. The van der Waals surface area contributed by atoms with Crippen molar-refractivity contribution in [2.24, 2.45) is 5.73 Å². The van der Waals surface area contributed by atoms with Gasteiger partial charge in [0.2, 0.25) is 5.95 Å². The van der Waals surface area contributed by atoms with Crippen LogP contribution in [0.1, 0.15) is 36.2 Å². The second-order valence-corrected chi connectivity index (χ2v) is 7.71. The monoisotopic (exact) mass is 429 g/mol. The largest absolute Gasteiger partial charge is 0.493 e. The van der Waals surface area contributed by atoms with E-state index in [1.807, 2.05) is 26.0 Å². The molecule has 0 fully saturated rings. The van der Waals surface area contributed by atoms with Gasteiger partial charge in [0.25, 0.3) is 5.91 Å². The van der Waals surface area contributed by atoms with Gasteiger partial charge in [-0.3, -0.25) is 9.69 Å². The summed E-state index contributed by atoms with van der Waals surface area (Å²) in [5.41, 5.74) is 7.30. The highest BCUT2D eigenvalue weighted by Gasteiger charge is 2.28. The number of aromatic nitrogens is 2. The molecule has 0 bridgehead atoms. The third-order valence-electron chi connectivity index (χ3n) is 5.02. The van der Waals surface area contributed by atoms with Crippen LogP contribution in [0.2, 0.25) is 0 Å². The summed E-state index contributed by atoms with van der Waals surface area (Å²) in [6.07, 6.45) is 1.61. The number of carbonyl (C=O) groups excluding carboxylic acids is 1. The third-order valence-corrected chi connectivity index (χ3v) is 5.02. The Kier molecular flexibility index (Phi) is 7.78. The fourth-order valence-electron chi connectivity index (χ4n) is 3.51. The first-order chi connectivity index (χ1) is 14.9. The van der Waals surface area contributed by atoms with Crippen LogP contribution in [0.4, 0.5) is 11.8 Å². The van der Waals surface area contributed by atoms with E-state index in [1.165, 1.54) is 4.90 Å². The second kappa shape index (κ2) is 10.5. The number of amides is 1. The van der Waals surface area contributed by atoms with Crippen molar-refractivity contribution in [3.8, 4) is 5.75 Å². The number of nitrogens with two attached hydrogens (primary N) is 1. The number of ether oxygens (including phenoxy) is 2. The van der Waals surface area contributed by atoms with Crippen LogP contribution in [-0.4, -0.2) is 66.0 Å². The van der Waals surface area contributed by atoms with Gasteiger partial charge < -0.3 is 25.6 Å². The Balaban J connectivity index is 1.92. The number of aryl methyl sites for hydroxylation is 1. The molecule has 1 aromatic carbocycles. The van der Waals surface area contributed by atoms with Gasteiger partial charge in [-0.25, -0.2) is 4.98 Å². The van der Waals surface area contributed by atoms with Crippen molar-refractivity contribution in [1.29, 1.82) is 0 Å². The highest BCUT2D eigenvalue weighted by molar-refractivity contribution is 6.06. The molecule has 1 unspecified atom stereocenters. The molecule has 1 amide bonds. The molecule has 9 heteroatoms. The van der Waals surface area contributed by atoms with Gasteiger partial charge in [0.05, 0.1) is 31.5 Å². The highest BCUT2D eigenvalue weighted by atomic mass is 16.5. The Hall–Kier alpha value is -2.75. The molecule has 1 aromatic heterocycles. The van der Waals surface area contributed by atoms with E-state index in [2.05, 4.69) is 15.3 Å². The molecule has 2 aromatic rings. The van der Waals surface area contributed by atoms with E-state index in [0.717, 1.165) is 24.2 Å². The smallest absolute Gasteiger partial charge is 0.259 e. The predicted octanol–water partition coefficient (Wildman–Crippen LogP) is 1.60. The molecule has 168 valence electrons. The molecule has 1 aliphatic heterocycles. The van der Waals surface area contributed by atoms with Crippen molar-refractivity contribution in [3.63, 3.8) is 0 Å². The minimum Gasteiger partial charge on any atom is -0.493 e. The molecule has 0 spiro atoms. The lowest BCUT2D eigenvalue weighted by Gasteiger charge is -2.30. The van der Waals surface area contributed by atoms with Gasteiger partial charge >= 0.3 is 0 Å². The fourth-order valence-corrected chi connectivity index (χ4v) is 3.51. The Morgan fingerprint density at radius 2 is 2.19 bits per heavy atom. The highest BCUT2D eigenvalue weighted by Crippen LogP contribution is 2.27. The number of aliphatic hydroxyl groups is 1. The molecule has 0 aliphatic carbocycles. The quantitative estimate of drug-likeness (QED) is 0.549. The molecular formula is C22H31N5O4. The van der Waals surface area contributed by atoms with E-state index in [9.17, 15) is 9.90 Å². The van der Waals surface area contributed by atoms with Gasteiger partial charge in [-0.1, -0.05) is 0 Å². The van der Waals surface area contributed by atoms with E-state index in [1.54, 1.807) is 25.4 Å². The molecule has 1 aliphatic rings. The van der Waals surface area contributed by atoms with Crippen LogP contribution < -0.4 is 20.7 Å². The number of hydrogen-bond acceptors (Lipinski definition) is 8. The third kappa shape index (κ3) is 5.69. The first kappa shape index (κ1) is 22.9. The van der Waals surface area contributed by atoms with Gasteiger partial charge in [-0.2, -0.15) is 4.98 Å². The van der Waals surface area contributed by atoms with Crippen molar-refractivity contribution < 1.29 is 19.4 Å². The number of benzene rings is 1. The van der Waals surface area contributed by atoms with Crippen LogP contribution in [-0.2, 0) is 11.2 Å². The number of anilines is 2. The molecule has 0 saturated heterocycles. The van der Waals surface area contributed by atoms with Gasteiger partial charge in [-0.15, -0.1) is 0 Å². The van der Waals surface area contributed by atoms with Crippen molar-refractivity contribution >= 4 is 17.7 Å². The van der Waals surface area contributed by atoms with Crippen LogP contribution in [0, 0.1) is 0 Å². The molecule has 4 N–H and O–H groups in total. The lowest BCUT2D eigenvalue weighted by molar-refractivity contribution is -0.0559. The van der Waals surface area contributed by atoms with Gasteiger partial charge in [-0.05, 0) is 56.5 Å². The zero-order chi connectivity index (χ0) is 22.4. The average Bonchev–Trinajstić information content (AvgIpc) is 2.79. The molecule has 2 atom stereocenters. The summed E-state index contributed by atoms with van der Waals surface area (Å²) < 4.78 is 11.4. The molecule has 0 saturated carbocycles. The lowest BCUT2D eigenvalue weighted by atomic mass is 10.0. The van der Waals surface area contributed by atoms with E-state index in [0.29, 0.717) is 23.9 Å². The number of nitrogens with zero attached hydrogens (tertiary/aromatic N) is 3. The number of rotatable bonds is 9. The topological polar surface area (TPSA) is 123 Å². The van der Waals surface area contributed by atoms with Crippen LogP contribution in [0.3, 0.4) is 0 Å². The maximum absolute atomic E-state index is 13.5. The Morgan fingerprint density at radius 3 is 2.90 bits per heavy atom. The van der Waals surface area contributed by atoms with Crippen molar-refractivity contribution in [1.82, 2.24) is 9.97 Å². The molecule has 3 rings (SSSR count). The number of aliphatic hydroxyl groups excluding tert-OH is 1. The number of fused-ring (bicyclic) bond motifs is 1. The lowest BCUT2D eigenvalue weighted by Crippen LogP contribution is -2.47. The first-order valence-corrected chi connectivity index (χ1v) is 10.5. The maximum Gasteiger partial charge on any atom is 0.259 e. The normalized spacial score (nSPS) is 15.0. The molecule has 0 radical (unpaired) electrons. The Labute approximate surface area is 182 Å². The van der Waals surface area contributed by atoms with Gasteiger partial charge in [0.1, 0.15) is 11.6 Å². The van der Waals surface area contributed by atoms with Crippen molar-refractivity contribution in [2.75, 3.05) is 37.0 Å².